The van der Waals surface area contributed by atoms with Gasteiger partial charge in [-0.15, -0.1) is 0 Å². The van der Waals surface area contributed by atoms with Gasteiger partial charge in [-0.05, 0) is 47.7 Å². The van der Waals surface area contributed by atoms with Crippen molar-refractivity contribution in [3.8, 4) is 0 Å². The quantitative estimate of drug-likeness (QED) is 0.878. The molecule has 4 nitrogen and oxygen atoms in total. The molecule has 1 aromatic heterocycles. The zero-order chi connectivity index (χ0) is 11.5. The van der Waals surface area contributed by atoms with Crippen LogP contribution < -0.4 is 5.32 Å². The van der Waals surface area contributed by atoms with E-state index < -0.39 is 0 Å². The van der Waals surface area contributed by atoms with Gasteiger partial charge in [-0.2, -0.15) is 0 Å². The number of halogens is 2. The Bertz CT molecular complexity index is 501. The minimum atomic E-state index is -0.241. The van der Waals surface area contributed by atoms with E-state index in [-0.39, 0.29) is 5.82 Å². The van der Waals surface area contributed by atoms with Crippen LogP contribution in [-0.2, 0) is 6.54 Å². The molecule has 0 fully saturated rings. The molecular weight excluding hydrogens is 324 g/mol. The molecule has 2 rings (SSSR count). The number of hydrogen-bond donors (Lipinski definition) is 1. The van der Waals surface area contributed by atoms with Crippen LogP contribution in [0.15, 0.2) is 22.8 Å². The van der Waals surface area contributed by atoms with Crippen LogP contribution in [-0.4, -0.2) is 10.3 Å². The molecule has 0 bridgehead atoms. The molecule has 1 N–H and O–H groups in total. The number of rotatable bonds is 3. The molecule has 0 saturated heterocycles. The largest absolute Gasteiger partial charge is 0.378 e. The summed E-state index contributed by atoms with van der Waals surface area (Å²) in [5.74, 6) is -0.241. The van der Waals surface area contributed by atoms with Crippen molar-refractivity contribution in [2.24, 2.45) is 0 Å². The number of nitrogens with one attached hydrogen (secondary N) is 1. The van der Waals surface area contributed by atoms with Crippen molar-refractivity contribution in [1.82, 2.24) is 10.3 Å². The first-order valence-electron chi connectivity index (χ1n) is 4.64. The van der Waals surface area contributed by atoms with Gasteiger partial charge in [0.2, 0.25) is 0 Å². The Morgan fingerprint density at radius 3 is 2.88 bits per heavy atom. The number of anilines is 1. The standard InChI is InChI=1S/C10H9FIN3O/c1-6-10(15-16-14-6)5-13-9-3-2-7(11)4-8(9)12/h2-4,13H,5H2,1H3. The Balaban J connectivity index is 2.08. The van der Waals surface area contributed by atoms with Crippen molar-refractivity contribution in [2.45, 2.75) is 13.5 Å². The predicted octanol–water partition coefficient (Wildman–Crippen LogP) is 2.73. The second-order valence-electron chi connectivity index (χ2n) is 3.27. The molecule has 0 spiro atoms. The van der Waals surface area contributed by atoms with E-state index in [2.05, 4.69) is 42.9 Å². The molecule has 0 amide bonds. The van der Waals surface area contributed by atoms with Crippen LogP contribution in [0.3, 0.4) is 0 Å². The highest BCUT2D eigenvalue weighted by Gasteiger charge is 2.06. The third-order valence-electron chi connectivity index (χ3n) is 2.12. The molecule has 6 heteroatoms. The highest BCUT2D eigenvalue weighted by atomic mass is 127. The lowest BCUT2D eigenvalue weighted by Crippen LogP contribution is -2.02. The lowest BCUT2D eigenvalue weighted by molar-refractivity contribution is 0.301. The van der Waals surface area contributed by atoms with Gasteiger partial charge in [0.05, 0.1) is 6.54 Å². The van der Waals surface area contributed by atoms with Crippen LogP contribution in [0.25, 0.3) is 0 Å². The average Bonchev–Trinajstić information content (AvgIpc) is 2.63. The molecule has 0 atom stereocenters. The van der Waals surface area contributed by atoms with Crippen LogP contribution in [0.1, 0.15) is 11.4 Å². The number of nitrogens with zero attached hydrogens (tertiary/aromatic N) is 2. The molecule has 0 saturated carbocycles. The van der Waals surface area contributed by atoms with Gasteiger partial charge in [-0.1, -0.05) is 10.3 Å². The van der Waals surface area contributed by atoms with E-state index >= 15 is 0 Å². The number of aromatic nitrogens is 2. The number of aryl methyl sites for hydroxylation is 1. The summed E-state index contributed by atoms with van der Waals surface area (Å²) < 4.78 is 18.3. The summed E-state index contributed by atoms with van der Waals surface area (Å²) in [6.45, 7) is 2.33. The maximum Gasteiger partial charge on any atom is 0.127 e. The van der Waals surface area contributed by atoms with E-state index in [0.29, 0.717) is 6.54 Å². The zero-order valence-corrected chi connectivity index (χ0v) is 10.7. The number of benzene rings is 1. The smallest absolute Gasteiger partial charge is 0.127 e. The van der Waals surface area contributed by atoms with E-state index in [1.807, 2.05) is 6.92 Å². The lowest BCUT2D eigenvalue weighted by Gasteiger charge is -2.06. The summed E-state index contributed by atoms with van der Waals surface area (Å²) in [6, 6.07) is 4.58. The average molecular weight is 333 g/mol. The molecule has 2 aromatic rings. The minimum Gasteiger partial charge on any atom is -0.378 e. The van der Waals surface area contributed by atoms with Crippen LogP contribution >= 0.6 is 22.6 Å². The van der Waals surface area contributed by atoms with E-state index in [9.17, 15) is 4.39 Å². The van der Waals surface area contributed by atoms with Gasteiger partial charge >= 0.3 is 0 Å². The SMILES string of the molecule is Cc1nonc1CNc1ccc(F)cc1I. The molecular formula is C10H9FIN3O. The fraction of sp³-hybridized carbons (Fsp3) is 0.200. The Labute approximate surface area is 105 Å². The van der Waals surface area contributed by atoms with E-state index in [1.165, 1.54) is 12.1 Å². The van der Waals surface area contributed by atoms with E-state index in [1.54, 1.807) is 6.07 Å². The third-order valence-corrected chi connectivity index (χ3v) is 3.02. The van der Waals surface area contributed by atoms with E-state index in [0.717, 1.165) is 20.6 Å². The number of hydrogen-bond acceptors (Lipinski definition) is 4. The molecule has 0 radical (unpaired) electrons. The molecule has 1 heterocycles. The summed E-state index contributed by atoms with van der Waals surface area (Å²) >= 11 is 2.07. The summed E-state index contributed by atoms with van der Waals surface area (Å²) in [4.78, 5) is 0. The second-order valence-corrected chi connectivity index (χ2v) is 4.44. The third kappa shape index (κ3) is 2.49. The van der Waals surface area contributed by atoms with Gasteiger partial charge < -0.3 is 5.32 Å². The summed E-state index contributed by atoms with van der Waals surface area (Å²) in [5.41, 5.74) is 2.37. The predicted molar refractivity (Wildman–Crippen MR) is 65.5 cm³/mol. The van der Waals surface area contributed by atoms with Crippen LogP contribution in [0.4, 0.5) is 10.1 Å². The molecule has 84 valence electrons. The second kappa shape index (κ2) is 4.77. The molecule has 16 heavy (non-hydrogen) atoms. The first kappa shape index (κ1) is 11.3. The fourth-order valence-corrected chi connectivity index (χ4v) is 1.89. The van der Waals surface area contributed by atoms with Crippen molar-refractivity contribution in [2.75, 3.05) is 5.32 Å². The van der Waals surface area contributed by atoms with E-state index in [4.69, 9.17) is 0 Å². The Hall–Kier alpha value is -1.18. The van der Waals surface area contributed by atoms with Crippen LogP contribution in [0, 0.1) is 16.3 Å². The molecule has 0 aliphatic carbocycles. The monoisotopic (exact) mass is 333 g/mol. The molecule has 0 unspecified atom stereocenters. The Kier molecular flexibility index (Phi) is 3.37. The molecule has 0 aliphatic rings. The highest BCUT2D eigenvalue weighted by Crippen LogP contribution is 2.19. The maximum absolute atomic E-state index is 12.9. The zero-order valence-electron chi connectivity index (χ0n) is 8.50. The Morgan fingerprint density at radius 1 is 1.44 bits per heavy atom. The van der Waals surface area contributed by atoms with Crippen molar-refractivity contribution < 1.29 is 9.02 Å². The molecule has 1 aromatic carbocycles. The van der Waals surface area contributed by atoms with Crippen molar-refractivity contribution in [1.29, 1.82) is 0 Å². The highest BCUT2D eigenvalue weighted by molar-refractivity contribution is 14.1. The minimum absolute atomic E-state index is 0.241. The van der Waals surface area contributed by atoms with Crippen molar-refractivity contribution >= 4 is 28.3 Å². The maximum atomic E-state index is 12.9. The van der Waals surface area contributed by atoms with Gasteiger partial charge in [-0.3, -0.25) is 0 Å². The molecule has 0 aliphatic heterocycles. The van der Waals surface area contributed by atoms with Crippen molar-refractivity contribution in [3.63, 3.8) is 0 Å². The first-order chi connectivity index (χ1) is 7.66. The summed E-state index contributed by atoms with van der Waals surface area (Å²) in [7, 11) is 0. The van der Waals surface area contributed by atoms with Gasteiger partial charge in [0.15, 0.2) is 0 Å². The van der Waals surface area contributed by atoms with Gasteiger partial charge in [-0.25, -0.2) is 9.02 Å². The summed E-state index contributed by atoms with van der Waals surface area (Å²) in [6.07, 6.45) is 0. The summed E-state index contributed by atoms with van der Waals surface area (Å²) in [5, 5.41) is 10.6. The first-order valence-corrected chi connectivity index (χ1v) is 5.71. The van der Waals surface area contributed by atoms with Gasteiger partial charge in [0, 0.05) is 9.26 Å². The topological polar surface area (TPSA) is 51.0 Å². The van der Waals surface area contributed by atoms with Gasteiger partial charge in [0.25, 0.3) is 0 Å². The van der Waals surface area contributed by atoms with Crippen LogP contribution in [0.5, 0.6) is 0 Å². The van der Waals surface area contributed by atoms with Crippen molar-refractivity contribution in [3.05, 3.63) is 39.0 Å². The lowest BCUT2D eigenvalue weighted by atomic mass is 10.3. The van der Waals surface area contributed by atoms with Crippen LogP contribution in [0.2, 0.25) is 0 Å². The fourth-order valence-electron chi connectivity index (χ4n) is 1.22. The normalized spacial score (nSPS) is 10.4. The van der Waals surface area contributed by atoms with Gasteiger partial charge in [0.1, 0.15) is 17.2 Å². The Morgan fingerprint density at radius 2 is 2.25 bits per heavy atom.